The zero-order valence-electron chi connectivity index (χ0n) is 15.3. The van der Waals surface area contributed by atoms with Crippen molar-refractivity contribution < 1.29 is 14.3 Å². The lowest BCUT2D eigenvalue weighted by Crippen LogP contribution is -2.24. The summed E-state index contributed by atoms with van der Waals surface area (Å²) in [5, 5.41) is 3.92. The SMILES string of the molecule is CCCOc1c(Br)cc(/C=N/NC(=O)c2cc(C)[nH]c(=O)n2)cc1OCC. The molecule has 2 aromatic rings. The lowest BCUT2D eigenvalue weighted by atomic mass is 10.2. The average molecular weight is 437 g/mol. The van der Waals surface area contributed by atoms with Crippen LogP contribution < -0.4 is 20.6 Å². The fourth-order valence-electron chi connectivity index (χ4n) is 2.19. The fraction of sp³-hybridized carbons (Fsp3) is 0.333. The van der Waals surface area contributed by atoms with Gasteiger partial charge in [-0.1, -0.05) is 6.92 Å². The van der Waals surface area contributed by atoms with Crippen LogP contribution in [0.25, 0.3) is 0 Å². The second-order valence-electron chi connectivity index (χ2n) is 5.57. The molecular formula is C18H21BrN4O4. The van der Waals surface area contributed by atoms with Gasteiger partial charge in [0.1, 0.15) is 5.69 Å². The summed E-state index contributed by atoms with van der Waals surface area (Å²) in [4.78, 5) is 29.5. The number of hydrogen-bond acceptors (Lipinski definition) is 6. The van der Waals surface area contributed by atoms with Crippen LogP contribution in [0.5, 0.6) is 11.5 Å². The molecule has 0 unspecified atom stereocenters. The van der Waals surface area contributed by atoms with Crippen LogP contribution in [0.15, 0.2) is 32.6 Å². The van der Waals surface area contributed by atoms with Crippen molar-refractivity contribution in [3.63, 3.8) is 0 Å². The van der Waals surface area contributed by atoms with Crippen molar-refractivity contribution in [3.05, 3.63) is 50.1 Å². The monoisotopic (exact) mass is 436 g/mol. The number of hydrogen-bond donors (Lipinski definition) is 2. The molecular weight excluding hydrogens is 416 g/mol. The minimum Gasteiger partial charge on any atom is -0.490 e. The quantitative estimate of drug-likeness (QED) is 0.488. The van der Waals surface area contributed by atoms with Crippen molar-refractivity contribution in [3.8, 4) is 11.5 Å². The van der Waals surface area contributed by atoms with Crippen LogP contribution in [0.2, 0.25) is 0 Å². The maximum Gasteiger partial charge on any atom is 0.345 e. The minimum atomic E-state index is -0.586. The highest BCUT2D eigenvalue weighted by molar-refractivity contribution is 9.10. The van der Waals surface area contributed by atoms with E-state index in [1.165, 1.54) is 12.3 Å². The van der Waals surface area contributed by atoms with Gasteiger partial charge in [-0.05, 0) is 60.0 Å². The van der Waals surface area contributed by atoms with Crippen molar-refractivity contribution in [2.75, 3.05) is 13.2 Å². The van der Waals surface area contributed by atoms with E-state index in [4.69, 9.17) is 9.47 Å². The highest BCUT2D eigenvalue weighted by Crippen LogP contribution is 2.36. The summed E-state index contributed by atoms with van der Waals surface area (Å²) in [6, 6.07) is 5.04. The van der Waals surface area contributed by atoms with Crippen LogP contribution in [0.3, 0.4) is 0 Å². The van der Waals surface area contributed by atoms with Gasteiger partial charge in [-0.15, -0.1) is 0 Å². The smallest absolute Gasteiger partial charge is 0.345 e. The molecule has 1 aromatic carbocycles. The fourth-order valence-corrected chi connectivity index (χ4v) is 2.76. The molecule has 0 aliphatic carbocycles. The summed E-state index contributed by atoms with van der Waals surface area (Å²) in [6.07, 6.45) is 2.35. The molecule has 0 aliphatic rings. The first-order valence-corrected chi connectivity index (χ1v) is 9.24. The number of benzene rings is 1. The molecule has 2 N–H and O–H groups in total. The van der Waals surface area contributed by atoms with Crippen LogP contribution in [0.4, 0.5) is 0 Å². The number of hydrazone groups is 1. The molecule has 0 saturated carbocycles. The third-order valence-electron chi connectivity index (χ3n) is 3.27. The van der Waals surface area contributed by atoms with Gasteiger partial charge in [0.05, 0.1) is 23.9 Å². The Morgan fingerprint density at radius 3 is 2.78 bits per heavy atom. The summed E-state index contributed by atoms with van der Waals surface area (Å²) in [5.74, 6) is 0.635. The third kappa shape index (κ3) is 5.92. The highest BCUT2D eigenvalue weighted by atomic mass is 79.9. The van der Waals surface area contributed by atoms with Crippen LogP contribution in [-0.4, -0.2) is 35.3 Å². The number of nitrogens with zero attached hydrogens (tertiary/aromatic N) is 2. The molecule has 0 saturated heterocycles. The van der Waals surface area contributed by atoms with E-state index in [9.17, 15) is 9.59 Å². The molecule has 0 aliphatic heterocycles. The van der Waals surface area contributed by atoms with E-state index in [0.717, 1.165) is 10.9 Å². The van der Waals surface area contributed by atoms with Crippen molar-refractivity contribution in [1.82, 2.24) is 15.4 Å². The standard InChI is InChI=1S/C18H21BrN4O4/c1-4-6-27-16-13(19)8-12(9-15(16)26-5-2)10-20-23-17(24)14-7-11(3)21-18(25)22-14/h7-10H,4-6H2,1-3H3,(H,23,24)(H,21,22,25)/b20-10+. The number of aryl methyl sites for hydroxylation is 1. The zero-order valence-corrected chi connectivity index (χ0v) is 16.9. The molecule has 1 amide bonds. The minimum absolute atomic E-state index is 0.00657. The molecule has 27 heavy (non-hydrogen) atoms. The van der Waals surface area contributed by atoms with Crippen LogP contribution >= 0.6 is 15.9 Å². The molecule has 0 radical (unpaired) electrons. The van der Waals surface area contributed by atoms with E-state index >= 15 is 0 Å². The molecule has 0 fully saturated rings. The number of carbonyl (C=O) groups excluding carboxylic acids is 1. The number of amides is 1. The molecule has 0 atom stereocenters. The Kier molecular flexibility index (Phi) is 7.54. The lowest BCUT2D eigenvalue weighted by molar-refractivity contribution is 0.0949. The van der Waals surface area contributed by atoms with Crippen molar-refractivity contribution in [2.45, 2.75) is 27.2 Å². The van der Waals surface area contributed by atoms with Gasteiger partial charge in [0.2, 0.25) is 0 Å². The Bertz CT molecular complexity index is 895. The molecule has 2 rings (SSSR count). The zero-order chi connectivity index (χ0) is 19.8. The van der Waals surface area contributed by atoms with Crippen molar-refractivity contribution >= 4 is 28.1 Å². The first-order chi connectivity index (χ1) is 12.9. The van der Waals surface area contributed by atoms with E-state index in [1.807, 2.05) is 13.8 Å². The summed E-state index contributed by atoms with van der Waals surface area (Å²) >= 11 is 3.47. The third-order valence-corrected chi connectivity index (χ3v) is 3.86. The summed E-state index contributed by atoms with van der Waals surface area (Å²) in [5.41, 5.74) is 2.99. The molecule has 9 heteroatoms. The number of halogens is 1. The maximum atomic E-state index is 12.1. The van der Waals surface area contributed by atoms with Gasteiger partial charge >= 0.3 is 5.69 Å². The maximum absolute atomic E-state index is 12.1. The van der Waals surface area contributed by atoms with Gasteiger partial charge in [-0.25, -0.2) is 10.2 Å². The Balaban J connectivity index is 2.15. The van der Waals surface area contributed by atoms with Gasteiger partial charge in [0.25, 0.3) is 5.91 Å². The molecule has 144 valence electrons. The van der Waals surface area contributed by atoms with Gasteiger partial charge < -0.3 is 14.5 Å². The van der Waals surface area contributed by atoms with Crippen LogP contribution in [-0.2, 0) is 0 Å². The van der Waals surface area contributed by atoms with Crippen LogP contribution in [0.1, 0.15) is 42.0 Å². The van der Waals surface area contributed by atoms with Crippen LogP contribution in [0, 0.1) is 6.92 Å². The van der Waals surface area contributed by atoms with Crippen molar-refractivity contribution in [1.29, 1.82) is 0 Å². The normalized spacial score (nSPS) is 10.8. The Labute approximate surface area is 165 Å². The van der Waals surface area contributed by atoms with Gasteiger partial charge in [0.15, 0.2) is 11.5 Å². The summed E-state index contributed by atoms with van der Waals surface area (Å²) < 4.78 is 12.1. The average Bonchev–Trinajstić information content (AvgIpc) is 2.60. The molecule has 1 aromatic heterocycles. The highest BCUT2D eigenvalue weighted by Gasteiger charge is 2.12. The van der Waals surface area contributed by atoms with E-state index in [0.29, 0.717) is 36.0 Å². The first kappa shape index (κ1) is 20.6. The predicted molar refractivity (Wildman–Crippen MR) is 106 cm³/mol. The number of H-pyrrole nitrogens is 1. The molecule has 1 heterocycles. The number of rotatable bonds is 8. The van der Waals surface area contributed by atoms with E-state index < -0.39 is 11.6 Å². The van der Waals surface area contributed by atoms with E-state index in [2.05, 4.69) is 36.4 Å². The lowest BCUT2D eigenvalue weighted by Gasteiger charge is -2.14. The Morgan fingerprint density at radius 2 is 2.11 bits per heavy atom. The topological polar surface area (TPSA) is 106 Å². The van der Waals surface area contributed by atoms with Gasteiger partial charge in [0, 0.05) is 5.69 Å². The Hall–Kier alpha value is -2.68. The second-order valence-corrected chi connectivity index (χ2v) is 6.42. The van der Waals surface area contributed by atoms with Gasteiger partial charge in [-0.3, -0.25) is 4.79 Å². The second kappa shape index (κ2) is 9.86. The first-order valence-electron chi connectivity index (χ1n) is 8.45. The number of aromatic nitrogens is 2. The van der Waals surface area contributed by atoms with Gasteiger partial charge in [-0.2, -0.15) is 10.1 Å². The largest absolute Gasteiger partial charge is 0.490 e. The molecule has 0 bridgehead atoms. The number of carbonyl (C=O) groups is 1. The molecule has 0 spiro atoms. The molecule has 8 nitrogen and oxygen atoms in total. The predicted octanol–water partition coefficient (Wildman–Crippen LogP) is 2.79. The number of nitrogens with one attached hydrogen (secondary N) is 2. The van der Waals surface area contributed by atoms with E-state index in [-0.39, 0.29) is 5.69 Å². The summed E-state index contributed by atoms with van der Waals surface area (Å²) in [7, 11) is 0. The Morgan fingerprint density at radius 1 is 1.33 bits per heavy atom. The number of aromatic amines is 1. The van der Waals surface area contributed by atoms with E-state index in [1.54, 1.807) is 19.1 Å². The number of ether oxygens (including phenoxy) is 2. The summed E-state index contributed by atoms with van der Waals surface area (Å²) in [6.45, 7) is 6.63. The van der Waals surface area contributed by atoms with Crippen molar-refractivity contribution in [2.24, 2.45) is 5.10 Å².